The number of allylic oxidation sites excluding steroid dienone is 2. The number of nitrogens with two attached hydrogens (primary N) is 1. The van der Waals surface area contributed by atoms with Gasteiger partial charge in [-0.15, -0.1) is 0 Å². The van der Waals surface area contributed by atoms with E-state index < -0.39 is 5.92 Å². The predicted molar refractivity (Wildman–Crippen MR) is 105 cm³/mol. The van der Waals surface area contributed by atoms with Gasteiger partial charge in [0, 0.05) is 28.8 Å². The van der Waals surface area contributed by atoms with Gasteiger partial charge in [0.2, 0.25) is 0 Å². The van der Waals surface area contributed by atoms with Crippen molar-refractivity contribution in [1.82, 2.24) is 9.97 Å². The van der Waals surface area contributed by atoms with Gasteiger partial charge in [0.15, 0.2) is 22.1 Å². The zero-order valence-electron chi connectivity index (χ0n) is 15.1. The summed E-state index contributed by atoms with van der Waals surface area (Å²) in [6, 6.07) is 5.62. The molecular weight excluding hydrogens is 364 g/mol. The van der Waals surface area contributed by atoms with Crippen LogP contribution >= 0.6 is 12.2 Å². The Bertz CT molecular complexity index is 1030. The summed E-state index contributed by atoms with van der Waals surface area (Å²) in [5.41, 5.74) is 9.38. The average molecular weight is 384 g/mol. The van der Waals surface area contributed by atoms with E-state index in [1.165, 1.54) is 0 Å². The number of methoxy groups -OCH3 is 2. The Labute approximate surface area is 161 Å². The molecular formula is C19H20N4O3S. The molecule has 0 amide bonds. The van der Waals surface area contributed by atoms with Gasteiger partial charge in [-0.25, -0.2) is 4.98 Å². The minimum Gasteiger partial charge on any atom is -0.493 e. The summed E-state index contributed by atoms with van der Waals surface area (Å²) in [5.74, 6) is 1.83. The highest BCUT2D eigenvalue weighted by Gasteiger charge is 2.39. The summed E-state index contributed by atoms with van der Waals surface area (Å²) < 4.78 is 11.4. The molecule has 2 aromatic rings. The van der Waals surface area contributed by atoms with Gasteiger partial charge in [-0.3, -0.25) is 4.79 Å². The fourth-order valence-electron chi connectivity index (χ4n) is 3.95. The number of benzene rings is 1. The number of nitrogen functional groups attached to an aromatic ring is 1. The van der Waals surface area contributed by atoms with Crippen LogP contribution in [0.5, 0.6) is 11.5 Å². The lowest BCUT2D eigenvalue weighted by molar-refractivity contribution is -0.116. The lowest BCUT2D eigenvalue weighted by atomic mass is 9.76. The molecule has 140 valence electrons. The topological polar surface area (TPSA) is 102 Å². The number of carbonyl (C=O) groups is 1. The second-order valence-electron chi connectivity index (χ2n) is 6.53. The number of ether oxygens (including phenoxy) is 2. The number of rotatable bonds is 3. The Morgan fingerprint density at radius 3 is 2.81 bits per heavy atom. The van der Waals surface area contributed by atoms with E-state index in [4.69, 9.17) is 27.4 Å². The third kappa shape index (κ3) is 2.76. The molecule has 0 fully saturated rings. The van der Waals surface area contributed by atoms with E-state index in [1.807, 2.05) is 18.2 Å². The smallest absolute Gasteiger partial charge is 0.200 e. The van der Waals surface area contributed by atoms with E-state index in [9.17, 15) is 4.79 Å². The van der Waals surface area contributed by atoms with Crippen molar-refractivity contribution in [3.63, 3.8) is 0 Å². The summed E-state index contributed by atoms with van der Waals surface area (Å²) in [5, 5.41) is 3.29. The van der Waals surface area contributed by atoms with Gasteiger partial charge >= 0.3 is 0 Å². The van der Waals surface area contributed by atoms with Crippen molar-refractivity contribution in [2.45, 2.75) is 25.2 Å². The fraction of sp³-hybridized carbons (Fsp3) is 0.316. The zero-order valence-corrected chi connectivity index (χ0v) is 15.9. The normalized spacial score (nSPS) is 18.4. The van der Waals surface area contributed by atoms with E-state index in [0.29, 0.717) is 45.5 Å². The van der Waals surface area contributed by atoms with Gasteiger partial charge in [0.05, 0.1) is 20.1 Å². The molecule has 1 aromatic heterocycles. The number of aromatic nitrogens is 2. The standard InChI is InChI=1S/C19H20N4O3S/c1-25-12-8-3-5-9(16(12)26-2)13-14-10(6-4-7-11(14)24)21-18-15(13)17(20)22-19(27)23-18/h3,5,8,13H,4,6-7H2,1-2H3,(H4,20,21,22,23,27). The van der Waals surface area contributed by atoms with Crippen LogP contribution in [0.3, 0.4) is 0 Å². The molecule has 0 spiro atoms. The molecule has 27 heavy (non-hydrogen) atoms. The molecule has 1 atom stereocenters. The number of nitrogens with one attached hydrogen (secondary N) is 2. The highest BCUT2D eigenvalue weighted by Crippen LogP contribution is 2.50. The molecule has 1 aliphatic carbocycles. The van der Waals surface area contributed by atoms with Crippen molar-refractivity contribution < 1.29 is 14.3 Å². The molecule has 1 aliphatic heterocycles. The van der Waals surface area contributed by atoms with Crippen LogP contribution in [0, 0.1) is 4.77 Å². The van der Waals surface area contributed by atoms with Gasteiger partial charge in [0.1, 0.15) is 11.6 Å². The summed E-state index contributed by atoms with van der Waals surface area (Å²) in [6.45, 7) is 0. The monoisotopic (exact) mass is 384 g/mol. The number of aromatic amines is 1. The van der Waals surface area contributed by atoms with Crippen LogP contribution < -0.4 is 20.5 Å². The first kappa shape index (κ1) is 17.5. The first-order chi connectivity index (χ1) is 13.0. The fourth-order valence-corrected chi connectivity index (χ4v) is 4.15. The van der Waals surface area contributed by atoms with E-state index >= 15 is 0 Å². The minimum absolute atomic E-state index is 0.103. The summed E-state index contributed by atoms with van der Waals surface area (Å²) >= 11 is 5.18. The first-order valence-corrected chi connectivity index (χ1v) is 9.09. The molecule has 0 saturated heterocycles. The number of carbonyl (C=O) groups excluding carboxylic acids is 1. The number of para-hydroxylation sites is 1. The Balaban J connectivity index is 2.04. The van der Waals surface area contributed by atoms with Crippen LogP contribution in [0.4, 0.5) is 11.6 Å². The van der Waals surface area contributed by atoms with Crippen LogP contribution in [-0.2, 0) is 4.79 Å². The van der Waals surface area contributed by atoms with Crippen molar-refractivity contribution in [2.75, 3.05) is 25.3 Å². The maximum atomic E-state index is 12.9. The van der Waals surface area contributed by atoms with Crippen LogP contribution in [-0.4, -0.2) is 30.0 Å². The van der Waals surface area contributed by atoms with E-state index in [1.54, 1.807) is 14.2 Å². The molecule has 1 aromatic carbocycles. The van der Waals surface area contributed by atoms with Crippen LogP contribution in [0.15, 0.2) is 29.5 Å². The number of hydrogen-bond donors (Lipinski definition) is 3. The number of fused-ring (bicyclic) bond motifs is 1. The Hall–Kier alpha value is -2.87. The highest BCUT2D eigenvalue weighted by atomic mass is 32.1. The SMILES string of the molecule is COc1cccc(C2C3=C(CCCC3=O)Nc3nc(=S)[nH]c(N)c32)c1OC. The highest BCUT2D eigenvalue weighted by molar-refractivity contribution is 7.71. The van der Waals surface area contributed by atoms with Crippen molar-refractivity contribution in [2.24, 2.45) is 0 Å². The van der Waals surface area contributed by atoms with Crippen molar-refractivity contribution >= 4 is 29.6 Å². The molecule has 4 N–H and O–H groups in total. The summed E-state index contributed by atoms with van der Waals surface area (Å²) in [4.78, 5) is 20.2. The third-order valence-electron chi connectivity index (χ3n) is 5.05. The number of nitrogens with zero attached hydrogens (tertiary/aromatic N) is 1. The van der Waals surface area contributed by atoms with Gasteiger partial charge in [-0.05, 0) is 31.1 Å². The molecule has 7 nitrogen and oxygen atoms in total. The largest absolute Gasteiger partial charge is 0.493 e. The third-order valence-corrected chi connectivity index (χ3v) is 5.24. The lowest BCUT2D eigenvalue weighted by Gasteiger charge is -2.34. The maximum Gasteiger partial charge on any atom is 0.200 e. The number of Topliss-reactive ketones (excluding diaryl/α,β-unsaturated/α-hetero) is 1. The zero-order chi connectivity index (χ0) is 19.1. The van der Waals surface area contributed by atoms with E-state index in [2.05, 4.69) is 15.3 Å². The van der Waals surface area contributed by atoms with Gasteiger partial charge < -0.3 is 25.5 Å². The van der Waals surface area contributed by atoms with Crippen molar-refractivity contribution in [3.8, 4) is 11.5 Å². The molecule has 4 rings (SSSR count). The quantitative estimate of drug-likeness (QED) is 0.698. The van der Waals surface area contributed by atoms with Crippen molar-refractivity contribution in [1.29, 1.82) is 0 Å². The molecule has 0 saturated carbocycles. The predicted octanol–water partition coefficient (Wildman–Crippen LogP) is 3.30. The second kappa shape index (κ2) is 6.70. The Kier molecular flexibility index (Phi) is 4.35. The van der Waals surface area contributed by atoms with Crippen molar-refractivity contribution in [3.05, 3.63) is 45.4 Å². The molecule has 2 heterocycles. The second-order valence-corrected chi connectivity index (χ2v) is 6.91. The molecule has 0 bridgehead atoms. The number of anilines is 2. The number of ketones is 1. The van der Waals surface area contributed by atoms with E-state index in [-0.39, 0.29) is 5.78 Å². The lowest BCUT2D eigenvalue weighted by Crippen LogP contribution is -2.29. The van der Waals surface area contributed by atoms with Crippen LogP contribution in [0.1, 0.15) is 36.3 Å². The molecule has 8 heteroatoms. The molecule has 0 radical (unpaired) electrons. The Morgan fingerprint density at radius 1 is 1.26 bits per heavy atom. The van der Waals surface area contributed by atoms with E-state index in [0.717, 1.165) is 24.1 Å². The summed E-state index contributed by atoms with van der Waals surface area (Å²) in [6.07, 6.45) is 2.09. The van der Waals surface area contributed by atoms with Gasteiger partial charge in [-0.2, -0.15) is 0 Å². The van der Waals surface area contributed by atoms with Crippen LogP contribution in [0.2, 0.25) is 0 Å². The molecule has 2 aliphatic rings. The van der Waals surface area contributed by atoms with Gasteiger partial charge in [0.25, 0.3) is 0 Å². The van der Waals surface area contributed by atoms with Crippen LogP contribution in [0.25, 0.3) is 0 Å². The Morgan fingerprint density at radius 2 is 2.07 bits per heavy atom. The average Bonchev–Trinajstić information content (AvgIpc) is 2.65. The first-order valence-electron chi connectivity index (χ1n) is 8.69. The minimum atomic E-state index is -0.409. The molecule has 1 unspecified atom stereocenters. The maximum absolute atomic E-state index is 12.9. The number of hydrogen-bond acceptors (Lipinski definition) is 7. The van der Waals surface area contributed by atoms with Gasteiger partial charge in [-0.1, -0.05) is 12.1 Å². The number of H-pyrrole nitrogens is 1. The summed E-state index contributed by atoms with van der Waals surface area (Å²) in [7, 11) is 3.17.